The Balaban J connectivity index is 2.15. The van der Waals surface area contributed by atoms with Crippen LogP contribution in [0.25, 0.3) is 0 Å². The van der Waals surface area contributed by atoms with Gasteiger partial charge in [-0.25, -0.2) is 4.79 Å². The van der Waals surface area contributed by atoms with Crippen LogP contribution in [0.1, 0.15) is 6.42 Å². The van der Waals surface area contributed by atoms with Gasteiger partial charge in [0, 0.05) is 31.3 Å². The molecule has 0 spiro atoms. The number of carboxylic acid groups (broad SMARTS) is 1. The van der Waals surface area contributed by atoms with Crippen LogP contribution in [0, 0.1) is 5.92 Å². The molecule has 2 amide bonds. The molecule has 1 aliphatic heterocycles. The van der Waals surface area contributed by atoms with Crippen molar-refractivity contribution in [1.29, 1.82) is 0 Å². The summed E-state index contributed by atoms with van der Waals surface area (Å²) in [6.07, 6.45) is 0.748. The first-order chi connectivity index (χ1) is 9.61. The third-order valence-electron chi connectivity index (χ3n) is 3.41. The molecule has 1 fully saturated rings. The first-order valence-electron chi connectivity index (χ1n) is 6.56. The highest BCUT2D eigenvalue weighted by Gasteiger charge is 2.30. The first-order valence-corrected chi connectivity index (χ1v) is 6.56. The summed E-state index contributed by atoms with van der Waals surface area (Å²) in [6.45, 7) is 0.697. The molecular formula is C14H18N2O4. The van der Waals surface area contributed by atoms with Crippen molar-refractivity contribution in [3.63, 3.8) is 0 Å². The zero-order chi connectivity index (χ0) is 14.5. The highest BCUT2D eigenvalue weighted by molar-refractivity contribution is 5.96. The third kappa shape index (κ3) is 3.27. The molecule has 20 heavy (non-hydrogen) atoms. The average molecular weight is 278 g/mol. The Hall–Kier alpha value is -2.08. The normalized spacial score (nSPS) is 18.1. The summed E-state index contributed by atoms with van der Waals surface area (Å²) in [6, 6.07) is 8.43. The number of amides is 2. The molecule has 1 saturated heterocycles. The van der Waals surface area contributed by atoms with Crippen LogP contribution in [0.5, 0.6) is 0 Å². The number of hydrogen-bond acceptors (Lipinski definition) is 3. The minimum absolute atomic E-state index is 0.0497. The molecule has 2 rings (SSSR count). The number of carbonyl (C=O) groups is 2. The molecular weight excluding hydrogens is 260 g/mol. The van der Waals surface area contributed by atoms with Crippen molar-refractivity contribution < 1.29 is 19.8 Å². The van der Waals surface area contributed by atoms with Gasteiger partial charge in [-0.3, -0.25) is 9.69 Å². The standard InChI is InChI=1S/C14H18N2O4/c17-10-11-6-7-15(8-11)14(20)16(9-13(18)19)12-4-2-1-3-5-12/h1-5,11,17H,6-10H2,(H,18,19). The van der Waals surface area contributed by atoms with Crippen LogP contribution in [0.15, 0.2) is 30.3 Å². The lowest BCUT2D eigenvalue weighted by Gasteiger charge is -2.27. The Morgan fingerprint density at radius 1 is 1.30 bits per heavy atom. The van der Waals surface area contributed by atoms with Crippen LogP contribution in [0.3, 0.4) is 0 Å². The molecule has 1 aromatic carbocycles. The van der Waals surface area contributed by atoms with Gasteiger partial charge in [-0.05, 0) is 18.6 Å². The average Bonchev–Trinajstić information content (AvgIpc) is 2.94. The van der Waals surface area contributed by atoms with Gasteiger partial charge in [0.15, 0.2) is 0 Å². The fraction of sp³-hybridized carbons (Fsp3) is 0.429. The van der Waals surface area contributed by atoms with Crippen molar-refractivity contribution in [2.75, 3.05) is 31.1 Å². The van der Waals surface area contributed by atoms with Gasteiger partial charge in [-0.1, -0.05) is 18.2 Å². The Morgan fingerprint density at radius 3 is 2.55 bits per heavy atom. The van der Waals surface area contributed by atoms with Crippen molar-refractivity contribution in [2.45, 2.75) is 6.42 Å². The highest BCUT2D eigenvalue weighted by Crippen LogP contribution is 2.21. The Kier molecular flexibility index (Phi) is 4.57. The van der Waals surface area contributed by atoms with Crippen LogP contribution in [-0.4, -0.2) is 53.4 Å². The van der Waals surface area contributed by atoms with Gasteiger partial charge < -0.3 is 15.1 Å². The predicted molar refractivity (Wildman–Crippen MR) is 73.6 cm³/mol. The molecule has 1 unspecified atom stereocenters. The van der Waals surface area contributed by atoms with E-state index in [1.54, 1.807) is 29.2 Å². The van der Waals surface area contributed by atoms with E-state index in [1.807, 2.05) is 6.07 Å². The minimum atomic E-state index is -1.06. The summed E-state index contributed by atoms with van der Waals surface area (Å²) in [7, 11) is 0. The fourth-order valence-electron chi connectivity index (χ4n) is 2.34. The van der Waals surface area contributed by atoms with Crippen LogP contribution in [0.2, 0.25) is 0 Å². The lowest BCUT2D eigenvalue weighted by atomic mass is 10.1. The molecule has 108 valence electrons. The van der Waals surface area contributed by atoms with E-state index >= 15 is 0 Å². The number of anilines is 1. The van der Waals surface area contributed by atoms with E-state index in [0.717, 1.165) is 6.42 Å². The van der Waals surface area contributed by atoms with Crippen molar-refractivity contribution >= 4 is 17.7 Å². The maximum absolute atomic E-state index is 12.4. The molecule has 0 bridgehead atoms. The van der Waals surface area contributed by atoms with Crippen LogP contribution in [-0.2, 0) is 4.79 Å². The quantitative estimate of drug-likeness (QED) is 0.861. The molecule has 1 aromatic rings. The summed E-state index contributed by atoms with van der Waals surface area (Å²) in [5, 5.41) is 18.1. The number of carbonyl (C=O) groups excluding carboxylic acids is 1. The van der Waals surface area contributed by atoms with Crippen molar-refractivity contribution in [1.82, 2.24) is 4.90 Å². The van der Waals surface area contributed by atoms with E-state index in [1.165, 1.54) is 4.90 Å². The maximum Gasteiger partial charge on any atom is 0.325 e. The number of aliphatic hydroxyl groups is 1. The second-order valence-electron chi connectivity index (χ2n) is 4.88. The van der Waals surface area contributed by atoms with Gasteiger partial charge in [0.05, 0.1) is 0 Å². The van der Waals surface area contributed by atoms with Crippen LogP contribution in [0.4, 0.5) is 10.5 Å². The van der Waals surface area contributed by atoms with Crippen LogP contribution >= 0.6 is 0 Å². The van der Waals surface area contributed by atoms with Gasteiger partial charge in [-0.15, -0.1) is 0 Å². The number of nitrogens with zero attached hydrogens (tertiary/aromatic N) is 2. The molecule has 6 heteroatoms. The largest absolute Gasteiger partial charge is 0.480 e. The van der Waals surface area contributed by atoms with Crippen molar-refractivity contribution in [2.24, 2.45) is 5.92 Å². The number of aliphatic carboxylic acids is 1. The number of para-hydroxylation sites is 1. The molecule has 0 aliphatic carbocycles. The zero-order valence-electron chi connectivity index (χ0n) is 11.1. The summed E-state index contributed by atoms with van der Waals surface area (Å²) in [5.41, 5.74) is 0.562. The number of carboxylic acids is 1. The van der Waals surface area contributed by atoms with E-state index in [2.05, 4.69) is 0 Å². The van der Waals surface area contributed by atoms with E-state index in [0.29, 0.717) is 18.8 Å². The summed E-state index contributed by atoms with van der Waals surface area (Å²) >= 11 is 0. The first kappa shape index (κ1) is 14.3. The Labute approximate surface area is 117 Å². The fourth-order valence-corrected chi connectivity index (χ4v) is 2.34. The lowest BCUT2D eigenvalue weighted by molar-refractivity contribution is -0.135. The molecule has 1 heterocycles. The number of rotatable bonds is 4. The maximum atomic E-state index is 12.4. The van der Waals surface area contributed by atoms with Gasteiger partial charge in [-0.2, -0.15) is 0 Å². The highest BCUT2D eigenvalue weighted by atomic mass is 16.4. The second kappa shape index (κ2) is 6.38. The van der Waals surface area contributed by atoms with Gasteiger partial charge >= 0.3 is 12.0 Å². The van der Waals surface area contributed by atoms with Gasteiger partial charge in [0.25, 0.3) is 0 Å². The number of benzene rings is 1. The lowest BCUT2D eigenvalue weighted by Crippen LogP contribution is -2.44. The van der Waals surface area contributed by atoms with E-state index in [-0.39, 0.29) is 25.1 Å². The second-order valence-corrected chi connectivity index (χ2v) is 4.88. The Bertz CT molecular complexity index is 477. The molecule has 1 atom stereocenters. The topological polar surface area (TPSA) is 81.1 Å². The SMILES string of the molecule is O=C(O)CN(C(=O)N1CCC(CO)C1)c1ccccc1. The van der Waals surface area contributed by atoms with E-state index < -0.39 is 5.97 Å². The number of hydrogen-bond donors (Lipinski definition) is 2. The summed E-state index contributed by atoms with van der Waals surface area (Å²) < 4.78 is 0. The predicted octanol–water partition coefficient (Wildman–Crippen LogP) is 1.01. The van der Waals surface area contributed by atoms with Gasteiger partial charge in [0.1, 0.15) is 6.54 Å². The minimum Gasteiger partial charge on any atom is -0.480 e. The summed E-state index contributed by atoms with van der Waals surface area (Å²) in [4.78, 5) is 26.3. The molecule has 0 saturated carbocycles. The number of urea groups is 1. The van der Waals surface area contributed by atoms with E-state index in [9.17, 15) is 9.59 Å². The van der Waals surface area contributed by atoms with Crippen molar-refractivity contribution in [3.8, 4) is 0 Å². The third-order valence-corrected chi connectivity index (χ3v) is 3.41. The smallest absolute Gasteiger partial charge is 0.325 e. The number of likely N-dealkylation sites (tertiary alicyclic amines) is 1. The summed E-state index contributed by atoms with van der Waals surface area (Å²) in [5.74, 6) is -0.971. The molecule has 0 aromatic heterocycles. The molecule has 1 aliphatic rings. The monoisotopic (exact) mass is 278 g/mol. The Morgan fingerprint density at radius 2 is 2.00 bits per heavy atom. The molecule has 6 nitrogen and oxygen atoms in total. The van der Waals surface area contributed by atoms with Gasteiger partial charge in [0.2, 0.25) is 0 Å². The van der Waals surface area contributed by atoms with Crippen LogP contribution < -0.4 is 4.90 Å². The molecule has 2 N–H and O–H groups in total. The van der Waals surface area contributed by atoms with E-state index in [4.69, 9.17) is 10.2 Å². The number of aliphatic hydroxyl groups excluding tert-OH is 1. The van der Waals surface area contributed by atoms with Crippen molar-refractivity contribution in [3.05, 3.63) is 30.3 Å². The zero-order valence-corrected chi connectivity index (χ0v) is 11.1. The molecule has 0 radical (unpaired) electrons.